The van der Waals surface area contributed by atoms with Crippen LogP contribution in [0.15, 0.2) is 28.9 Å². The first-order valence-corrected chi connectivity index (χ1v) is 8.73. The monoisotopic (exact) mass is 332 g/mol. The molecule has 2 aromatic heterocycles. The SMILES string of the molecule is O=C(CNC(=O)c1cc2c(s1)CCCCC2)NCc1ccco1. The van der Waals surface area contributed by atoms with Gasteiger partial charge in [-0.25, -0.2) is 0 Å². The minimum Gasteiger partial charge on any atom is -0.467 e. The Labute approximate surface area is 139 Å². The summed E-state index contributed by atoms with van der Waals surface area (Å²) >= 11 is 1.56. The van der Waals surface area contributed by atoms with Crippen LogP contribution >= 0.6 is 11.3 Å². The largest absolute Gasteiger partial charge is 0.467 e. The predicted molar refractivity (Wildman–Crippen MR) is 88.5 cm³/mol. The van der Waals surface area contributed by atoms with Gasteiger partial charge in [0.05, 0.1) is 24.2 Å². The van der Waals surface area contributed by atoms with Gasteiger partial charge in [-0.1, -0.05) is 6.42 Å². The second-order valence-corrected chi connectivity index (χ2v) is 6.80. The van der Waals surface area contributed by atoms with Crippen molar-refractivity contribution < 1.29 is 14.0 Å². The van der Waals surface area contributed by atoms with Gasteiger partial charge in [-0.05, 0) is 49.4 Å². The van der Waals surface area contributed by atoms with Crippen molar-refractivity contribution in [3.8, 4) is 0 Å². The lowest BCUT2D eigenvalue weighted by Gasteiger charge is -2.04. The number of rotatable bonds is 5. The summed E-state index contributed by atoms with van der Waals surface area (Å²) in [6.45, 7) is 0.303. The molecule has 3 rings (SSSR count). The zero-order valence-corrected chi connectivity index (χ0v) is 13.7. The maximum atomic E-state index is 12.2. The first kappa shape index (κ1) is 15.8. The molecule has 0 saturated heterocycles. The third-order valence-corrected chi connectivity index (χ3v) is 5.16. The van der Waals surface area contributed by atoms with Crippen LogP contribution in [0.25, 0.3) is 0 Å². The molecular weight excluding hydrogens is 312 g/mol. The van der Waals surface area contributed by atoms with E-state index in [2.05, 4.69) is 10.6 Å². The van der Waals surface area contributed by atoms with Crippen LogP contribution in [-0.4, -0.2) is 18.4 Å². The average Bonchev–Trinajstić information content (AvgIpc) is 3.16. The summed E-state index contributed by atoms with van der Waals surface area (Å²) in [6.07, 6.45) is 7.34. The lowest BCUT2D eigenvalue weighted by Crippen LogP contribution is -2.36. The number of furan rings is 1. The molecule has 1 aliphatic rings. The second-order valence-electron chi connectivity index (χ2n) is 5.66. The highest BCUT2D eigenvalue weighted by Gasteiger charge is 2.16. The molecule has 0 spiro atoms. The number of carbonyl (C=O) groups excluding carboxylic acids is 2. The number of nitrogens with one attached hydrogen (secondary N) is 2. The molecule has 5 nitrogen and oxygen atoms in total. The number of carbonyl (C=O) groups is 2. The minimum absolute atomic E-state index is 0.0257. The van der Waals surface area contributed by atoms with Gasteiger partial charge in [0, 0.05) is 4.88 Å². The Hall–Kier alpha value is -2.08. The third kappa shape index (κ3) is 4.22. The first-order valence-electron chi connectivity index (χ1n) is 7.91. The molecule has 2 aromatic rings. The topological polar surface area (TPSA) is 71.3 Å². The van der Waals surface area contributed by atoms with Gasteiger partial charge < -0.3 is 15.1 Å². The summed E-state index contributed by atoms with van der Waals surface area (Å²) in [4.78, 5) is 26.0. The van der Waals surface area contributed by atoms with Crippen molar-refractivity contribution in [2.24, 2.45) is 0 Å². The van der Waals surface area contributed by atoms with Crippen molar-refractivity contribution in [3.63, 3.8) is 0 Å². The molecule has 0 fully saturated rings. The number of fused-ring (bicyclic) bond motifs is 1. The molecular formula is C17H20N2O3S. The summed E-state index contributed by atoms with van der Waals surface area (Å²) in [6, 6.07) is 5.54. The van der Waals surface area contributed by atoms with Crippen LogP contribution < -0.4 is 10.6 Å². The van der Waals surface area contributed by atoms with Gasteiger partial charge in [-0.2, -0.15) is 0 Å². The summed E-state index contributed by atoms with van der Waals surface area (Å²) in [5.41, 5.74) is 1.31. The van der Waals surface area contributed by atoms with Crippen LogP contribution in [0.1, 0.15) is 45.1 Å². The Bertz CT molecular complexity index is 653. The van der Waals surface area contributed by atoms with E-state index >= 15 is 0 Å². The van der Waals surface area contributed by atoms with Crippen molar-refractivity contribution in [3.05, 3.63) is 45.5 Å². The molecule has 0 saturated carbocycles. The minimum atomic E-state index is -0.229. The zero-order valence-electron chi connectivity index (χ0n) is 12.9. The Morgan fingerprint density at radius 1 is 1.17 bits per heavy atom. The van der Waals surface area contributed by atoms with E-state index in [0.717, 1.165) is 12.8 Å². The van der Waals surface area contributed by atoms with E-state index in [-0.39, 0.29) is 18.4 Å². The van der Waals surface area contributed by atoms with E-state index in [9.17, 15) is 9.59 Å². The molecule has 0 atom stereocenters. The molecule has 0 aliphatic heterocycles. The van der Waals surface area contributed by atoms with Gasteiger partial charge in [-0.3, -0.25) is 9.59 Å². The van der Waals surface area contributed by atoms with E-state index in [1.807, 2.05) is 6.07 Å². The number of hydrogen-bond donors (Lipinski definition) is 2. The molecule has 0 radical (unpaired) electrons. The highest BCUT2D eigenvalue weighted by molar-refractivity contribution is 7.14. The van der Waals surface area contributed by atoms with Gasteiger partial charge in [0.15, 0.2) is 0 Å². The van der Waals surface area contributed by atoms with E-state index in [4.69, 9.17) is 4.42 Å². The summed E-state index contributed by atoms with van der Waals surface area (Å²) in [5.74, 6) is 0.288. The van der Waals surface area contributed by atoms with Gasteiger partial charge in [0.2, 0.25) is 5.91 Å². The Balaban J connectivity index is 1.48. The number of hydrogen-bond acceptors (Lipinski definition) is 4. The normalized spacial score (nSPS) is 13.9. The van der Waals surface area contributed by atoms with Crippen LogP contribution in [0.4, 0.5) is 0 Å². The molecule has 2 N–H and O–H groups in total. The average molecular weight is 332 g/mol. The fourth-order valence-electron chi connectivity index (χ4n) is 2.69. The number of amides is 2. The standard InChI is InChI=1S/C17H20N2O3S/c20-16(18-10-13-6-4-8-22-13)11-19-17(21)15-9-12-5-2-1-3-7-14(12)23-15/h4,6,8-9H,1-3,5,7,10-11H2,(H,18,20)(H,19,21). The molecule has 122 valence electrons. The van der Waals surface area contributed by atoms with Crippen molar-refractivity contribution in [1.29, 1.82) is 0 Å². The fraction of sp³-hybridized carbons (Fsp3) is 0.412. The smallest absolute Gasteiger partial charge is 0.261 e. The lowest BCUT2D eigenvalue weighted by atomic mass is 10.1. The fourth-order valence-corrected chi connectivity index (χ4v) is 3.86. The molecule has 0 unspecified atom stereocenters. The molecule has 0 bridgehead atoms. The predicted octanol–water partition coefficient (Wildman–Crippen LogP) is 2.66. The summed E-state index contributed by atoms with van der Waals surface area (Å²) in [7, 11) is 0. The highest BCUT2D eigenvalue weighted by atomic mass is 32.1. The van der Waals surface area contributed by atoms with E-state index in [0.29, 0.717) is 17.2 Å². The van der Waals surface area contributed by atoms with Crippen LogP contribution in [0, 0.1) is 0 Å². The Morgan fingerprint density at radius 2 is 2.04 bits per heavy atom. The number of thiophene rings is 1. The second kappa shape index (κ2) is 7.46. The number of aryl methyl sites for hydroxylation is 2. The Morgan fingerprint density at radius 3 is 2.87 bits per heavy atom. The quantitative estimate of drug-likeness (QED) is 0.827. The van der Waals surface area contributed by atoms with Gasteiger partial charge >= 0.3 is 0 Å². The van der Waals surface area contributed by atoms with E-state index in [1.54, 1.807) is 29.7 Å². The first-order chi connectivity index (χ1) is 11.2. The third-order valence-electron chi connectivity index (χ3n) is 3.92. The van der Waals surface area contributed by atoms with Crippen molar-refractivity contribution in [1.82, 2.24) is 10.6 Å². The van der Waals surface area contributed by atoms with Crippen LogP contribution in [-0.2, 0) is 24.2 Å². The maximum absolute atomic E-state index is 12.2. The summed E-state index contributed by atoms with van der Waals surface area (Å²) in [5, 5.41) is 5.39. The highest BCUT2D eigenvalue weighted by Crippen LogP contribution is 2.28. The lowest BCUT2D eigenvalue weighted by molar-refractivity contribution is -0.120. The van der Waals surface area contributed by atoms with Gasteiger partial charge in [-0.15, -0.1) is 11.3 Å². The molecule has 1 aliphatic carbocycles. The van der Waals surface area contributed by atoms with Crippen molar-refractivity contribution >= 4 is 23.2 Å². The molecule has 23 heavy (non-hydrogen) atoms. The summed E-state index contributed by atoms with van der Waals surface area (Å²) < 4.78 is 5.14. The maximum Gasteiger partial charge on any atom is 0.261 e. The zero-order chi connectivity index (χ0) is 16.1. The molecule has 6 heteroatoms. The van der Waals surface area contributed by atoms with Gasteiger partial charge in [0.1, 0.15) is 5.76 Å². The van der Waals surface area contributed by atoms with Crippen molar-refractivity contribution in [2.45, 2.75) is 38.6 Å². The van der Waals surface area contributed by atoms with Crippen LogP contribution in [0.5, 0.6) is 0 Å². The van der Waals surface area contributed by atoms with E-state index < -0.39 is 0 Å². The molecule has 0 aromatic carbocycles. The van der Waals surface area contributed by atoms with Gasteiger partial charge in [0.25, 0.3) is 5.91 Å². The van der Waals surface area contributed by atoms with Crippen molar-refractivity contribution in [2.75, 3.05) is 6.54 Å². The molecule has 2 heterocycles. The molecule has 2 amide bonds. The van der Waals surface area contributed by atoms with Crippen LogP contribution in [0.3, 0.4) is 0 Å². The van der Waals surface area contributed by atoms with Crippen LogP contribution in [0.2, 0.25) is 0 Å². The van der Waals surface area contributed by atoms with E-state index in [1.165, 1.54) is 29.7 Å². The Kier molecular flexibility index (Phi) is 5.12.